The van der Waals surface area contributed by atoms with Crippen molar-refractivity contribution in [2.24, 2.45) is 5.92 Å². The molecule has 94 valence electrons. The second kappa shape index (κ2) is 6.95. The maximum absolute atomic E-state index is 3.56. The molecule has 0 bridgehead atoms. The molecule has 1 aromatic carbocycles. The van der Waals surface area contributed by atoms with E-state index in [-0.39, 0.29) is 0 Å². The number of nitrogens with one attached hydrogen (secondary N) is 1. The summed E-state index contributed by atoms with van der Waals surface area (Å²) >= 11 is 2.09. The molecule has 0 aliphatic carbocycles. The Hall–Kier alpha value is -0.630. The Morgan fingerprint density at radius 2 is 2.12 bits per heavy atom. The minimum atomic E-state index is 0.875. The lowest BCUT2D eigenvalue weighted by Crippen LogP contribution is -2.13. The summed E-state index contributed by atoms with van der Waals surface area (Å²) in [6.45, 7) is 3.39. The topological polar surface area (TPSA) is 12.0 Å². The van der Waals surface area contributed by atoms with Crippen molar-refractivity contribution in [1.82, 2.24) is 0 Å². The number of hydrogen-bond acceptors (Lipinski definition) is 2. The van der Waals surface area contributed by atoms with Crippen molar-refractivity contribution < 1.29 is 0 Å². The van der Waals surface area contributed by atoms with E-state index in [1.807, 2.05) is 0 Å². The molecule has 1 heterocycles. The Morgan fingerprint density at radius 1 is 1.29 bits per heavy atom. The fourth-order valence-corrected chi connectivity index (χ4v) is 3.46. The van der Waals surface area contributed by atoms with E-state index in [1.54, 1.807) is 0 Å². The molecule has 1 saturated heterocycles. The first-order valence-corrected chi connectivity index (χ1v) is 7.94. The maximum Gasteiger partial charge on any atom is 0.0340 e. The largest absolute Gasteiger partial charge is 0.385 e. The molecular weight excluding hydrogens is 226 g/mol. The molecular formula is C15H23NS. The minimum absolute atomic E-state index is 0.875. The van der Waals surface area contributed by atoms with Gasteiger partial charge in [-0.2, -0.15) is 11.8 Å². The van der Waals surface area contributed by atoms with E-state index < -0.39 is 0 Å². The predicted octanol–water partition coefficient (Wildman–Crippen LogP) is 4.19. The average Bonchev–Trinajstić information content (AvgIpc) is 2.88. The van der Waals surface area contributed by atoms with Gasteiger partial charge in [-0.1, -0.05) is 25.5 Å². The van der Waals surface area contributed by atoms with Crippen molar-refractivity contribution in [3.8, 4) is 0 Å². The zero-order valence-corrected chi connectivity index (χ0v) is 11.6. The quantitative estimate of drug-likeness (QED) is 0.811. The van der Waals surface area contributed by atoms with Crippen LogP contribution in [-0.4, -0.2) is 18.1 Å². The summed E-state index contributed by atoms with van der Waals surface area (Å²) in [6, 6.07) is 8.99. The van der Waals surface area contributed by atoms with Crippen LogP contribution in [0.4, 0.5) is 5.69 Å². The van der Waals surface area contributed by atoms with E-state index >= 15 is 0 Å². The molecule has 0 radical (unpaired) electrons. The van der Waals surface area contributed by atoms with Crippen LogP contribution >= 0.6 is 11.8 Å². The van der Waals surface area contributed by atoms with Gasteiger partial charge in [0.15, 0.2) is 0 Å². The zero-order valence-electron chi connectivity index (χ0n) is 10.7. The highest BCUT2D eigenvalue weighted by Gasteiger charge is 2.14. The standard InChI is InChI=1S/C15H23NS/c1-2-3-4-13-5-7-15(8-6-13)16-11-14-9-10-17-12-14/h5-8,14,16H,2-4,9-12H2,1H3. The SMILES string of the molecule is CCCCc1ccc(NCC2CCSC2)cc1. The summed E-state index contributed by atoms with van der Waals surface area (Å²) in [5, 5.41) is 3.56. The van der Waals surface area contributed by atoms with Crippen molar-refractivity contribution in [2.45, 2.75) is 32.6 Å². The third kappa shape index (κ3) is 4.27. The van der Waals surface area contributed by atoms with Crippen LogP contribution in [0.25, 0.3) is 0 Å². The molecule has 0 amide bonds. The highest BCUT2D eigenvalue weighted by Crippen LogP contribution is 2.23. The highest BCUT2D eigenvalue weighted by atomic mass is 32.2. The van der Waals surface area contributed by atoms with Crippen LogP contribution in [0.15, 0.2) is 24.3 Å². The molecule has 1 aliphatic heterocycles. The first-order chi connectivity index (χ1) is 8.38. The van der Waals surface area contributed by atoms with Crippen LogP contribution in [0.3, 0.4) is 0 Å². The Bertz CT molecular complexity index is 314. The maximum atomic E-state index is 3.56. The zero-order chi connectivity index (χ0) is 11.9. The lowest BCUT2D eigenvalue weighted by Gasteiger charge is -2.11. The van der Waals surface area contributed by atoms with Gasteiger partial charge in [-0.15, -0.1) is 0 Å². The van der Waals surface area contributed by atoms with Crippen molar-refractivity contribution >= 4 is 17.4 Å². The molecule has 17 heavy (non-hydrogen) atoms. The van der Waals surface area contributed by atoms with Crippen LogP contribution in [0.2, 0.25) is 0 Å². The summed E-state index contributed by atoms with van der Waals surface area (Å²) in [4.78, 5) is 0. The molecule has 1 aromatic rings. The van der Waals surface area contributed by atoms with Gasteiger partial charge in [0.25, 0.3) is 0 Å². The second-order valence-corrected chi connectivity index (χ2v) is 6.06. The number of anilines is 1. The van der Waals surface area contributed by atoms with Gasteiger partial charge in [0.2, 0.25) is 0 Å². The average molecular weight is 249 g/mol. The molecule has 1 N–H and O–H groups in total. The fraction of sp³-hybridized carbons (Fsp3) is 0.600. The van der Waals surface area contributed by atoms with Crippen molar-refractivity contribution in [3.63, 3.8) is 0 Å². The number of aryl methyl sites for hydroxylation is 1. The Morgan fingerprint density at radius 3 is 2.76 bits per heavy atom. The van der Waals surface area contributed by atoms with Crippen molar-refractivity contribution in [1.29, 1.82) is 0 Å². The van der Waals surface area contributed by atoms with E-state index in [2.05, 4.69) is 48.3 Å². The van der Waals surface area contributed by atoms with Crippen LogP contribution < -0.4 is 5.32 Å². The third-order valence-electron chi connectivity index (χ3n) is 3.39. The van der Waals surface area contributed by atoms with Crippen LogP contribution in [-0.2, 0) is 6.42 Å². The molecule has 1 nitrogen and oxygen atoms in total. The lowest BCUT2D eigenvalue weighted by atomic mass is 10.1. The van der Waals surface area contributed by atoms with Crippen LogP contribution in [0.1, 0.15) is 31.7 Å². The number of unbranched alkanes of at least 4 members (excludes halogenated alkanes) is 1. The Kier molecular flexibility index (Phi) is 5.24. The molecule has 2 rings (SSSR count). The number of thioether (sulfide) groups is 1. The van der Waals surface area contributed by atoms with Gasteiger partial charge in [0.05, 0.1) is 0 Å². The lowest BCUT2D eigenvalue weighted by molar-refractivity contribution is 0.632. The molecule has 2 heteroatoms. The number of benzene rings is 1. The van der Waals surface area contributed by atoms with Gasteiger partial charge in [-0.05, 0) is 54.4 Å². The molecule has 1 fully saturated rings. The first kappa shape index (κ1) is 12.8. The van der Waals surface area contributed by atoms with Gasteiger partial charge in [0, 0.05) is 12.2 Å². The fourth-order valence-electron chi connectivity index (χ4n) is 2.18. The minimum Gasteiger partial charge on any atom is -0.385 e. The number of hydrogen-bond donors (Lipinski definition) is 1. The van der Waals surface area contributed by atoms with Crippen LogP contribution in [0, 0.1) is 5.92 Å². The highest BCUT2D eigenvalue weighted by molar-refractivity contribution is 7.99. The van der Waals surface area contributed by atoms with Gasteiger partial charge in [0.1, 0.15) is 0 Å². The van der Waals surface area contributed by atoms with Crippen molar-refractivity contribution in [2.75, 3.05) is 23.4 Å². The van der Waals surface area contributed by atoms with E-state index in [4.69, 9.17) is 0 Å². The summed E-state index contributed by atoms with van der Waals surface area (Å²) in [7, 11) is 0. The summed E-state index contributed by atoms with van der Waals surface area (Å²) < 4.78 is 0. The molecule has 1 unspecified atom stereocenters. The second-order valence-electron chi connectivity index (χ2n) is 4.91. The van der Waals surface area contributed by atoms with E-state index in [9.17, 15) is 0 Å². The predicted molar refractivity (Wildman–Crippen MR) is 79.0 cm³/mol. The molecule has 0 spiro atoms. The number of rotatable bonds is 6. The smallest absolute Gasteiger partial charge is 0.0340 e. The van der Waals surface area contributed by atoms with Gasteiger partial charge in [-0.25, -0.2) is 0 Å². The molecule has 0 aromatic heterocycles. The van der Waals surface area contributed by atoms with E-state index in [1.165, 1.54) is 48.4 Å². The molecule has 0 saturated carbocycles. The first-order valence-electron chi connectivity index (χ1n) is 6.79. The summed E-state index contributed by atoms with van der Waals surface area (Å²) in [6.07, 6.45) is 5.17. The van der Waals surface area contributed by atoms with Gasteiger partial charge in [-0.3, -0.25) is 0 Å². The normalized spacial score (nSPS) is 19.5. The van der Waals surface area contributed by atoms with Crippen LogP contribution in [0.5, 0.6) is 0 Å². The van der Waals surface area contributed by atoms with Gasteiger partial charge < -0.3 is 5.32 Å². The van der Waals surface area contributed by atoms with Gasteiger partial charge >= 0.3 is 0 Å². The molecule has 1 aliphatic rings. The van der Waals surface area contributed by atoms with Crippen molar-refractivity contribution in [3.05, 3.63) is 29.8 Å². The monoisotopic (exact) mass is 249 g/mol. The molecule has 1 atom stereocenters. The summed E-state index contributed by atoms with van der Waals surface area (Å²) in [5.74, 6) is 3.56. The van der Waals surface area contributed by atoms with E-state index in [0.29, 0.717) is 0 Å². The Balaban J connectivity index is 1.76. The van der Waals surface area contributed by atoms with E-state index in [0.717, 1.165) is 12.5 Å². The Labute approximate surface area is 109 Å². The summed E-state index contributed by atoms with van der Waals surface area (Å²) in [5.41, 5.74) is 2.75. The third-order valence-corrected chi connectivity index (χ3v) is 4.62.